The molecular formula is C21H28N8O. The summed E-state index contributed by atoms with van der Waals surface area (Å²) < 4.78 is 3.73. The SMILES string of the molecule is CCC(CC)n1cc(-c2nc(/C(C=N)=C/NCC(=O)N(C)C)cn3nccc23)cn1. The standard InChI is InChI=1S/C21H28N8O/c1-5-17(6-2)28-13-16(11-25-28)21-19-7-8-24-29(19)14-18(26-21)15(9-22)10-23-12-20(30)27(3)4/h7-11,13-14,17,22-23H,5-6,12H2,1-4H3/b15-10+,22-9?. The molecule has 9 heteroatoms. The van der Waals surface area contributed by atoms with Crippen molar-refractivity contribution in [1.82, 2.24) is 34.6 Å². The van der Waals surface area contributed by atoms with Gasteiger partial charge >= 0.3 is 0 Å². The fourth-order valence-electron chi connectivity index (χ4n) is 3.20. The van der Waals surface area contributed by atoms with Crippen molar-refractivity contribution in [3.63, 3.8) is 0 Å². The predicted molar refractivity (Wildman–Crippen MR) is 117 cm³/mol. The minimum Gasteiger partial charge on any atom is -0.382 e. The van der Waals surface area contributed by atoms with E-state index in [1.54, 1.807) is 37.2 Å². The molecule has 0 saturated heterocycles. The number of rotatable bonds is 9. The minimum absolute atomic E-state index is 0.0550. The van der Waals surface area contributed by atoms with Gasteiger partial charge in [0.25, 0.3) is 0 Å². The molecule has 0 aromatic carbocycles. The van der Waals surface area contributed by atoms with Gasteiger partial charge in [-0.3, -0.25) is 9.48 Å². The Balaban J connectivity index is 1.98. The smallest absolute Gasteiger partial charge is 0.241 e. The van der Waals surface area contributed by atoms with Crippen LogP contribution in [0.5, 0.6) is 0 Å². The van der Waals surface area contributed by atoms with Crippen LogP contribution in [0.1, 0.15) is 38.4 Å². The summed E-state index contributed by atoms with van der Waals surface area (Å²) in [6.07, 6.45) is 12.2. The third kappa shape index (κ3) is 4.40. The molecule has 0 atom stereocenters. The summed E-state index contributed by atoms with van der Waals surface area (Å²) in [5.41, 5.74) is 3.64. The third-order valence-corrected chi connectivity index (χ3v) is 5.04. The van der Waals surface area contributed by atoms with Crippen LogP contribution in [0.15, 0.2) is 37.1 Å². The van der Waals surface area contributed by atoms with Gasteiger partial charge in [-0.05, 0) is 18.9 Å². The van der Waals surface area contributed by atoms with Gasteiger partial charge in [0, 0.05) is 43.8 Å². The average molecular weight is 409 g/mol. The van der Waals surface area contributed by atoms with Crippen LogP contribution >= 0.6 is 0 Å². The second kappa shape index (κ2) is 9.34. The lowest BCUT2D eigenvalue weighted by Gasteiger charge is -2.12. The number of hydrogen-bond donors (Lipinski definition) is 2. The van der Waals surface area contributed by atoms with E-state index in [2.05, 4.69) is 29.4 Å². The van der Waals surface area contributed by atoms with Crippen molar-refractivity contribution in [2.24, 2.45) is 0 Å². The summed E-state index contributed by atoms with van der Waals surface area (Å²) in [7, 11) is 3.40. The molecule has 0 spiro atoms. The second-order valence-corrected chi connectivity index (χ2v) is 7.23. The van der Waals surface area contributed by atoms with Crippen molar-refractivity contribution < 1.29 is 4.79 Å². The molecule has 0 aliphatic heterocycles. The van der Waals surface area contributed by atoms with Crippen LogP contribution in [0.4, 0.5) is 0 Å². The number of hydrogen-bond acceptors (Lipinski definition) is 6. The molecule has 0 aliphatic carbocycles. The van der Waals surface area contributed by atoms with Gasteiger partial charge < -0.3 is 15.6 Å². The molecule has 0 fully saturated rings. The molecule has 0 bridgehead atoms. The zero-order chi connectivity index (χ0) is 21.7. The summed E-state index contributed by atoms with van der Waals surface area (Å²) in [6, 6.07) is 2.25. The molecule has 0 aliphatic rings. The predicted octanol–water partition coefficient (Wildman–Crippen LogP) is 2.62. The molecule has 3 aromatic rings. The normalized spacial score (nSPS) is 11.8. The molecule has 0 radical (unpaired) electrons. The van der Waals surface area contributed by atoms with Gasteiger partial charge in [-0.15, -0.1) is 0 Å². The zero-order valence-corrected chi connectivity index (χ0v) is 17.8. The molecule has 3 rings (SSSR count). The van der Waals surface area contributed by atoms with Crippen molar-refractivity contribution >= 4 is 23.2 Å². The number of nitrogens with zero attached hydrogens (tertiary/aromatic N) is 6. The third-order valence-electron chi connectivity index (χ3n) is 5.04. The first kappa shape index (κ1) is 21.2. The van der Waals surface area contributed by atoms with E-state index in [0.717, 1.165) is 29.6 Å². The Kier molecular flexibility index (Phi) is 6.61. The van der Waals surface area contributed by atoms with Crippen LogP contribution in [0, 0.1) is 5.41 Å². The Morgan fingerprint density at radius 3 is 2.70 bits per heavy atom. The Morgan fingerprint density at radius 1 is 1.27 bits per heavy atom. The molecular weight excluding hydrogens is 380 g/mol. The van der Waals surface area contributed by atoms with Crippen molar-refractivity contribution in [3.8, 4) is 11.3 Å². The molecule has 9 nitrogen and oxygen atoms in total. The van der Waals surface area contributed by atoms with E-state index in [1.165, 1.54) is 11.1 Å². The lowest BCUT2D eigenvalue weighted by molar-refractivity contribution is -0.127. The van der Waals surface area contributed by atoms with E-state index in [4.69, 9.17) is 10.4 Å². The van der Waals surface area contributed by atoms with Crippen LogP contribution in [-0.4, -0.2) is 62.0 Å². The number of carbonyl (C=O) groups excluding carboxylic acids is 1. The number of fused-ring (bicyclic) bond motifs is 1. The fraction of sp³-hybridized carbons (Fsp3) is 0.381. The van der Waals surface area contributed by atoms with E-state index in [1.807, 2.05) is 23.1 Å². The highest BCUT2D eigenvalue weighted by Gasteiger charge is 2.15. The summed E-state index contributed by atoms with van der Waals surface area (Å²) in [4.78, 5) is 18.1. The lowest BCUT2D eigenvalue weighted by atomic mass is 10.1. The first-order chi connectivity index (χ1) is 14.5. The topological polar surface area (TPSA) is 104 Å². The number of likely N-dealkylation sites (N-methyl/N-ethyl adjacent to an activating group) is 1. The van der Waals surface area contributed by atoms with E-state index in [-0.39, 0.29) is 12.5 Å². The fourth-order valence-corrected chi connectivity index (χ4v) is 3.20. The van der Waals surface area contributed by atoms with Crippen molar-refractivity contribution in [2.45, 2.75) is 32.7 Å². The van der Waals surface area contributed by atoms with Gasteiger partial charge in [0.05, 0.1) is 48.1 Å². The summed E-state index contributed by atoms with van der Waals surface area (Å²) in [5, 5.41) is 19.7. The largest absolute Gasteiger partial charge is 0.382 e. The van der Waals surface area contributed by atoms with Gasteiger partial charge in [-0.25, -0.2) is 9.50 Å². The van der Waals surface area contributed by atoms with Crippen LogP contribution in [0.3, 0.4) is 0 Å². The Hall–Kier alpha value is -3.49. The van der Waals surface area contributed by atoms with E-state index < -0.39 is 0 Å². The van der Waals surface area contributed by atoms with E-state index in [0.29, 0.717) is 17.3 Å². The highest BCUT2D eigenvalue weighted by atomic mass is 16.2. The number of nitrogens with one attached hydrogen (secondary N) is 2. The lowest BCUT2D eigenvalue weighted by Crippen LogP contribution is -2.30. The summed E-state index contributed by atoms with van der Waals surface area (Å²) in [6.45, 7) is 4.45. The molecule has 3 aromatic heterocycles. The van der Waals surface area contributed by atoms with Crippen LogP contribution in [0.25, 0.3) is 22.3 Å². The van der Waals surface area contributed by atoms with Crippen molar-refractivity contribution in [2.75, 3.05) is 20.6 Å². The van der Waals surface area contributed by atoms with Gasteiger partial charge in [0.2, 0.25) is 5.91 Å². The Morgan fingerprint density at radius 2 is 2.03 bits per heavy atom. The summed E-state index contributed by atoms with van der Waals surface area (Å²) >= 11 is 0. The second-order valence-electron chi connectivity index (χ2n) is 7.23. The molecule has 30 heavy (non-hydrogen) atoms. The molecule has 158 valence electrons. The molecule has 0 saturated carbocycles. The highest BCUT2D eigenvalue weighted by molar-refractivity contribution is 6.07. The zero-order valence-electron chi connectivity index (χ0n) is 17.8. The maximum Gasteiger partial charge on any atom is 0.241 e. The maximum absolute atomic E-state index is 11.8. The van der Waals surface area contributed by atoms with E-state index >= 15 is 0 Å². The van der Waals surface area contributed by atoms with E-state index in [9.17, 15) is 4.79 Å². The minimum atomic E-state index is -0.0550. The van der Waals surface area contributed by atoms with Crippen molar-refractivity contribution in [3.05, 3.63) is 42.7 Å². The van der Waals surface area contributed by atoms with Gasteiger partial charge in [-0.2, -0.15) is 10.2 Å². The van der Waals surface area contributed by atoms with Gasteiger partial charge in [0.15, 0.2) is 0 Å². The summed E-state index contributed by atoms with van der Waals surface area (Å²) in [5.74, 6) is -0.0550. The first-order valence-electron chi connectivity index (χ1n) is 10.0. The maximum atomic E-state index is 11.8. The van der Waals surface area contributed by atoms with Crippen LogP contribution < -0.4 is 5.32 Å². The average Bonchev–Trinajstić information content (AvgIpc) is 3.41. The number of amides is 1. The van der Waals surface area contributed by atoms with Crippen LogP contribution in [0.2, 0.25) is 0 Å². The van der Waals surface area contributed by atoms with Crippen LogP contribution in [-0.2, 0) is 4.79 Å². The molecule has 0 unspecified atom stereocenters. The Bertz CT molecular complexity index is 1060. The molecule has 2 N–H and O–H groups in total. The van der Waals surface area contributed by atoms with Crippen molar-refractivity contribution in [1.29, 1.82) is 5.41 Å². The number of carbonyl (C=O) groups is 1. The first-order valence-corrected chi connectivity index (χ1v) is 10.0. The monoisotopic (exact) mass is 408 g/mol. The number of allylic oxidation sites excluding steroid dienone is 1. The molecule has 3 heterocycles. The highest BCUT2D eigenvalue weighted by Crippen LogP contribution is 2.26. The van der Waals surface area contributed by atoms with Gasteiger partial charge in [0.1, 0.15) is 0 Å². The Labute approximate surface area is 175 Å². The number of aromatic nitrogens is 5. The molecule has 1 amide bonds. The van der Waals surface area contributed by atoms with Gasteiger partial charge in [-0.1, -0.05) is 13.8 Å². The quantitative estimate of drug-likeness (QED) is 0.530.